The predicted molar refractivity (Wildman–Crippen MR) is 177 cm³/mol. The maximum Gasteiger partial charge on any atom is 0.303 e. The fraction of sp³-hybridized carbons (Fsp3) is 0.742. The van der Waals surface area contributed by atoms with Gasteiger partial charge in [0.05, 0.1) is 19.8 Å². The number of halogens is 3. The summed E-state index contributed by atoms with van der Waals surface area (Å²) >= 11 is 17.2. The quantitative estimate of drug-likeness (QED) is 0.0932. The Morgan fingerprint density at radius 3 is 1.04 bits per heavy atom. The zero-order valence-corrected chi connectivity index (χ0v) is 32.6. The fourth-order valence-electron chi connectivity index (χ4n) is 5.59. The van der Waals surface area contributed by atoms with Crippen LogP contribution in [0.3, 0.4) is 0 Å². The molecule has 3 saturated heterocycles. The molecular formula is C31H40Cl3NO20. The number of ether oxygens (including phenoxy) is 13. The van der Waals surface area contributed by atoms with Crippen LogP contribution in [0.4, 0.5) is 0 Å². The zero-order valence-electron chi connectivity index (χ0n) is 30.3. The number of hydrogen-bond donors (Lipinski definition) is 1. The summed E-state index contributed by atoms with van der Waals surface area (Å²) in [6.07, 6.45) is -18.4. The Morgan fingerprint density at radius 1 is 0.436 bits per heavy atom. The van der Waals surface area contributed by atoms with E-state index in [1.807, 2.05) is 0 Å². The third-order valence-corrected chi connectivity index (χ3v) is 7.90. The van der Waals surface area contributed by atoms with Crippen molar-refractivity contribution in [1.29, 1.82) is 5.41 Å². The predicted octanol–water partition coefficient (Wildman–Crippen LogP) is 0.712. The van der Waals surface area contributed by atoms with Crippen molar-refractivity contribution in [3.05, 3.63) is 0 Å². The third-order valence-electron chi connectivity index (χ3n) is 7.39. The van der Waals surface area contributed by atoms with Crippen LogP contribution < -0.4 is 0 Å². The lowest BCUT2D eigenvalue weighted by atomic mass is 10.0. The summed E-state index contributed by atoms with van der Waals surface area (Å²) in [6.45, 7) is 5.85. The summed E-state index contributed by atoms with van der Waals surface area (Å²) in [6, 6.07) is 0. The largest absolute Gasteiger partial charge is 0.456 e. The molecule has 24 heteroatoms. The third kappa shape index (κ3) is 13.6. The minimum Gasteiger partial charge on any atom is -0.456 e. The molecule has 12 atom stereocenters. The molecular weight excluding hydrogens is 813 g/mol. The molecule has 0 bridgehead atoms. The molecule has 0 unspecified atom stereocenters. The van der Waals surface area contributed by atoms with Gasteiger partial charge in [0.2, 0.25) is 18.3 Å². The highest BCUT2D eigenvalue weighted by atomic mass is 35.6. The van der Waals surface area contributed by atoms with Crippen molar-refractivity contribution in [3.8, 4) is 0 Å². The molecule has 0 aromatic heterocycles. The molecule has 3 rings (SSSR count). The van der Waals surface area contributed by atoms with Crippen LogP contribution in [0.1, 0.15) is 48.5 Å². The van der Waals surface area contributed by atoms with Crippen LogP contribution in [-0.4, -0.2) is 145 Å². The van der Waals surface area contributed by atoms with Crippen LogP contribution in [0.25, 0.3) is 0 Å². The van der Waals surface area contributed by atoms with Gasteiger partial charge >= 0.3 is 41.8 Å². The van der Waals surface area contributed by atoms with E-state index >= 15 is 0 Å². The van der Waals surface area contributed by atoms with Crippen molar-refractivity contribution in [1.82, 2.24) is 0 Å². The Bertz CT molecular complexity index is 1460. The first kappa shape index (κ1) is 45.8. The summed E-state index contributed by atoms with van der Waals surface area (Å²) < 4.78 is 70.1. The van der Waals surface area contributed by atoms with Crippen molar-refractivity contribution >= 4 is 82.5 Å². The normalized spacial score (nSPS) is 32.1. The average Bonchev–Trinajstić information content (AvgIpc) is 3.03. The van der Waals surface area contributed by atoms with Crippen LogP contribution in [0.5, 0.6) is 0 Å². The first-order valence-corrected chi connectivity index (χ1v) is 17.4. The Kier molecular flexibility index (Phi) is 16.7. The van der Waals surface area contributed by atoms with E-state index in [1.165, 1.54) is 0 Å². The van der Waals surface area contributed by atoms with Crippen molar-refractivity contribution in [2.24, 2.45) is 0 Å². The van der Waals surface area contributed by atoms with Crippen LogP contribution in [0, 0.1) is 5.41 Å². The van der Waals surface area contributed by atoms with Gasteiger partial charge in [-0.2, -0.15) is 0 Å². The molecule has 0 amide bonds. The van der Waals surface area contributed by atoms with E-state index in [9.17, 15) is 33.6 Å². The van der Waals surface area contributed by atoms with E-state index in [4.69, 9.17) is 102 Å². The number of nitrogens with one attached hydrogen (secondary N) is 1. The summed E-state index contributed by atoms with van der Waals surface area (Å²) in [4.78, 5) is 85.2. The second kappa shape index (κ2) is 20.0. The van der Waals surface area contributed by atoms with Gasteiger partial charge in [0.25, 0.3) is 3.79 Å². The lowest BCUT2D eigenvalue weighted by molar-refractivity contribution is -0.348. The number of carbonyl (C=O) groups excluding carboxylic acids is 7. The summed E-state index contributed by atoms with van der Waals surface area (Å²) in [5, 5.41) is 7.94. The molecule has 3 fully saturated rings. The molecule has 0 aromatic carbocycles. The van der Waals surface area contributed by atoms with Gasteiger partial charge in [-0.05, 0) is 0 Å². The summed E-state index contributed by atoms with van der Waals surface area (Å²) in [7, 11) is 0. The highest BCUT2D eigenvalue weighted by Crippen LogP contribution is 2.35. The molecule has 0 radical (unpaired) electrons. The number of carbonyl (C=O) groups is 7. The van der Waals surface area contributed by atoms with Gasteiger partial charge in [-0.1, -0.05) is 34.8 Å². The highest BCUT2D eigenvalue weighted by molar-refractivity contribution is 6.76. The lowest BCUT2D eigenvalue weighted by Crippen LogP contribution is -2.64. The SMILES string of the molecule is CC(=O)O[C@@H]1[C@@H](OC(C)=O)[C@H](O[C@@H]2CO[C@@H](O[C@@H]3CO[C@H](OC(=N)C(Cl)(Cl)Cl)[C@H](OC(C)=O)[C@H]3OC(C)=O)[C@H](OC(C)=O)[C@H]2OC(C)=O)OC[C@H]1OC(C)=O. The van der Waals surface area contributed by atoms with Crippen molar-refractivity contribution in [3.63, 3.8) is 0 Å². The van der Waals surface area contributed by atoms with Gasteiger partial charge in [-0.3, -0.25) is 39.0 Å². The zero-order chi connectivity index (χ0) is 41.4. The van der Waals surface area contributed by atoms with Crippen molar-refractivity contribution in [2.45, 2.75) is 126 Å². The molecule has 1 N–H and O–H groups in total. The van der Waals surface area contributed by atoms with Gasteiger partial charge in [-0.25, -0.2) is 0 Å². The second-order valence-electron chi connectivity index (χ2n) is 12.0. The van der Waals surface area contributed by atoms with Crippen molar-refractivity contribution in [2.75, 3.05) is 19.8 Å². The van der Waals surface area contributed by atoms with Crippen LogP contribution >= 0.6 is 34.8 Å². The van der Waals surface area contributed by atoms with E-state index < -0.39 is 145 Å². The van der Waals surface area contributed by atoms with Crippen molar-refractivity contribution < 1.29 is 95.1 Å². The second-order valence-corrected chi connectivity index (χ2v) is 14.3. The molecule has 0 aromatic rings. The molecule has 0 aliphatic carbocycles. The fourth-order valence-corrected chi connectivity index (χ4v) is 5.73. The van der Waals surface area contributed by atoms with Gasteiger partial charge in [0, 0.05) is 48.5 Å². The highest BCUT2D eigenvalue weighted by Gasteiger charge is 2.55. The summed E-state index contributed by atoms with van der Waals surface area (Å²) in [5.74, 6) is -7.00. The van der Waals surface area contributed by atoms with E-state index in [2.05, 4.69) is 0 Å². The molecule has 3 aliphatic rings. The lowest BCUT2D eigenvalue weighted by Gasteiger charge is -2.46. The Morgan fingerprint density at radius 2 is 0.709 bits per heavy atom. The molecule has 3 aliphatic heterocycles. The first-order valence-electron chi connectivity index (χ1n) is 16.3. The van der Waals surface area contributed by atoms with Crippen LogP contribution in [0.2, 0.25) is 0 Å². The van der Waals surface area contributed by atoms with Crippen LogP contribution in [0.15, 0.2) is 0 Å². The number of esters is 7. The Labute approximate surface area is 328 Å². The smallest absolute Gasteiger partial charge is 0.303 e. The number of rotatable bonds is 12. The minimum atomic E-state index is -2.36. The van der Waals surface area contributed by atoms with Gasteiger partial charge in [0.15, 0.2) is 49.2 Å². The van der Waals surface area contributed by atoms with Gasteiger partial charge in [-0.15, -0.1) is 0 Å². The van der Waals surface area contributed by atoms with Gasteiger partial charge in [0.1, 0.15) is 12.2 Å². The van der Waals surface area contributed by atoms with E-state index in [1.54, 1.807) is 0 Å². The average molecular weight is 853 g/mol. The standard InChI is InChI=1S/C31H40Cl3NO20/c1-11(36)46-18-8-43-27(24(50-15(5)40)21(18)47-12(2)37)53-19-9-44-28(25(51-16(6)41)22(19)48-13(3)38)54-20-10-45-29(55-30(35)31(32,33)34)26(52-17(7)42)23(20)49-14(4)39/h18-29,35H,8-10H2,1-7H3/t18-,19-,20-,21+,22+,23+,24-,25-,26-,27+,28+,29-/m1/s1. The van der Waals surface area contributed by atoms with E-state index in [0.717, 1.165) is 48.5 Å². The van der Waals surface area contributed by atoms with E-state index in [0.29, 0.717) is 0 Å². The Hall–Kier alpha value is -3.57. The molecule has 0 spiro atoms. The molecule has 3 heterocycles. The molecule has 0 saturated carbocycles. The number of alkyl halides is 3. The maximum absolute atomic E-state index is 12.4. The minimum absolute atomic E-state index is 0.417. The molecule has 55 heavy (non-hydrogen) atoms. The van der Waals surface area contributed by atoms with Gasteiger partial charge < -0.3 is 61.6 Å². The van der Waals surface area contributed by atoms with Crippen LogP contribution in [-0.2, 0) is 95.1 Å². The van der Waals surface area contributed by atoms with E-state index in [-0.39, 0.29) is 0 Å². The number of hydrogen-bond acceptors (Lipinski definition) is 21. The monoisotopic (exact) mass is 851 g/mol. The molecule has 310 valence electrons. The molecule has 21 nitrogen and oxygen atoms in total. The topological polar surface area (TPSA) is 263 Å². The maximum atomic E-state index is 12.4. The summed E-state index contributed by atoms with van der Waals surface area (Å²) in [5.41, 5.74) is 0. The Balaban J connectivity index is 1.97. The first-order chi connectivity index (χ1) is 25.6.